The summed E-state index contributed by atoms with van der Waals surface area (Å²) in [6.07, 6.45) is -0.188. The fourth-order valence-electron chi connectivity index (χ4n) is 1.69. The molecule has 7 nitrogen and oxygen atoms in total. The van der Waals surface area contributed by atoms with Gasteiger partial charge in [-0.15, -0.1) is 0 Å². The van der Waals surface area contributed by atoms with E-state index in [4.69, 9.17) is 20.4 Å². The van der Waals surface area contributed by atoms with Gasteiger partial charge in [0.1, 0.15) is 0 Å². The summed E-state index contributed by atoms with van der Waals surface area (Å²) >= 11 is 0. The highest BCUT2D eigenvalue weighted by Crippen LogP contribution is 2.11. The summed E-state index contributed by atoms with van der Waals surface area (Å²) in [6.45, 7) is 4.25. The van der Waals surface area contributed by atoms with E-state index in [1.807, 2.05) is 11.8 Å². The van der Waals surface area contributed by atoms with Gasteiger partial charge in [-0.1, -0.05) is 0 Å². The molecule has 0 bridgehead atoms. The first kappa shape index (κ1) is 14.2. The SMILES string of the molecule is COCCN=C(NN)N1CC(CO)OCC1C. The van der Waals surface area contributed by atoms with Gasteiger partial charge >= 0.3 is 0 Å². The van der Waals surface area contributed by atoms with Crippen LogP contribution in [0, 0.1) is 0 Å². The van der Waals surface area contributed by atoms with Crippen LogP contribution in [0.25, 0.3) is 0 Å². The van der Waals surface area contributed by atoms with Crippen LogP contribution >= 0.6 is 0 Å². The Balaban J connectivity index is 2.61. The summed E-state index contributed by atoms with van der Waals surface area (Å²) in [4.78, 5) is 6.32. The number of hydrogen-bond acceptors (Lipinski definition) is 5. The Morgan fingerprint density at radius 3 is 3.06 bits per heavy atom. The fraction of sp³-hybridized carbons (Fsp3) is 0.900. The summed E-state index contributed by atoms with van der Waals surface area (Å²) in [6, 6.07) is 0.176. The second-order valence-corrected chi connectivity index (χ2v) is 3.98. The molecule has 0 aromatic rings. The Morgan fingerprint density at radius 2 is 2.47 bits per heavy atom. The summed E-state index contributed by atoms with van der Waals surface area (Å²) in [7, 11) is 1.63. The highest BCUT2D eigenvalue weighted by atomic mass is 16.5. The lowest BCUT2D eigenvalue weighted by Crippen LogP contribution is -2.57. The Hall–Kier alpha value is -0.890. The molecule has 2 unspecified atom stereocenters. The number of nitrogens with two attached hydrogens (primary N) is 1. The van der Waals surface area contributed by atoms with Crippen molar-refractivity contribution in [2.45, 2.75) is 19.1 Å². The molecule has 1 heterocycles. The van der Waals surface area contributed by atoms with Crippen LogP contribution in [0.15, 0.2) is 4.99 Å². The zero-order chi connectivity index (χ0) is 12.7. The van der Waals surface area contributed by atoms with Gasteiger partial charge in [0.25, 0.3) is 0 Å². The predicted octanol–water partition coefficient (Wildman–Crippen LogP) is -1.47. The molecule has 2 atom stereocenters. The lowest BCUT2D eigenvalue weighted by atomic mass is 10.2. The van der Waals surface area contributed by atoms with E-state index in [9.17, 15) is 0 Å². The second kappa shape index (κ2) is 7.44. The number of ether oxygens (including phenoxy) is 2. The van der Waals surface area contributed by atoms with Crippen molar-refractivity contribution in [3.63, 3.8) is 0 Å². The van der Waals surface area contributed by atoms with E-state index in [2.05, 4.69) is 10.4 Å². The molecule has 0 aromatic heterocycles. The van der Waals surface area contributed by atoms with Crippen molar-refractivity contribution in [3.05, 3.63) is 0 Å². The maximum absolute atomic E-state index is 9.10. The van der Waals surface area contributed by atoms with E-state index in [1.165, 1.54) is 0 Å². The molecule has 1 saturated heterocycles. The first-order valence-corrected chi connectivity index (χ1v) is 5.72. The molecule has 7 heteroatoms. The highest BCUT2D eigenvalue weighted by molar-refractivity contribution is 5.79. The first-order chi connectivity index (χ1) is 8.22. The molecular weight excluding hydrogens is 224 g/mol. The van der Waals surface area contributed by atoms with E-state index in [0.29, 0.717) is 32.3 Å². The fourth-order valence-corrected chi connectivity index (χ4v) is 1.69. The van der Waals surface area contributed by atoms with Gasteiger partial charge in [0.2, 0.25) is 5.96 Å². The number of aliphatic hydroxyl groups is 1. The number of nitrogens with one attached hydrogen (secondary N) is 1. The van der Waals surface area contributed by atoms with Gasteiger partial charge in [0.15, 0.2) is 0 Å². The smallest absolute Gasteiger partial charge is 0.208 e. The molecule has 4 N–H and O–H groups in total. The molecule has 0 amide bonds. The molecule has 100 valence electrons. The van der Waals surface area contributed by atoms with Crippen LogP contribution in [0.4, 0.5) is 0 Å². The Morgan fingerprint density at radius 1 is 1.71 bits per heavy atom. The molecule has 1 aliphatic rings. The number of aliphatic imine (C=N–C) groups is 1. The number of hydrazine groups is 1. The van der Waals surface area contributed by atoms with Crippen molar-refractivity contribution < 1.29 is 14.6 Å². The monoisotopic (exact) mass is 246 g/mol. The van der Waals surface area contributed by atoms with Gasteiger partial charge in [-0.25, -0.2) is 10.8 Å². The lowest BCUT2D eigenvalue weighted by molar-refractivity contribution is -0.0570. The van der Waals surface area contributed by atoms with Gasteiger partial charge in [-0.05, 0) is 6.92 Å². The predicted molar refractivity (Wildman–Crippen MR) is 64.5 cm³/mol. The van der Waals surface area contributed by atoms with Crippen LogP contribution in [0.3, 0.4) is 0 Å². The van der Waals surface area contributed by atoms with Gasteiger partial charge in [0, 0.05) is 13.7 Å². The van der Waals surface area contributed by atoms with Crippen LogP contribution in [0.5, 0.6) is 0 Å². The number of rotatable bonds is 4. The lowest BCUT2D eigenvalue weighted by Gasteiger charge is -2.38. The quantitative estimate of drug-likeness (QED) is 0.184. The summed E-state index contributed by atoms with van der Waals surface area (Å²) in [5, 5.41) is 9.10. The molecule has 1 fully saturated rings. The zero-order valence-electron chi connectivity index (χ0n) is 10.4. The Kier molecular flexibility index (Phi) is 6.20. The Labute approximate surface area is 102 Å². The van der Waals surface area contributed by atoms with Crippen LogP contribution in [-0.2, 0) is 9.47 Å². The molecule has 0 saturated carbocycles. The number of morpholine rings is 1. The average molecular weight is 246 g/mol. The average Bonchev–Trinajstić information content (AvgIpc) is 2.36. The van der Waals surface area contributed by atoms with Crippen molar-refractivity contribution in [1.29, 1.82) is 0 Å². The normalized spacial score (nSPS) is 26.1. The topological polar surface area (TPSA) is 92.3 Å². The second-order valence-electron chi connectivity index (χ2n) is 3.98. The zero-order valence-corrected chi connectivity index (χ0v) is 10.4. The van der Waals surface area contributed by atoms with E-state index in [1.54, 1.807) is 7.11 Å². The number of guanidine groups is 1. The van der Waals surface area contributed by atoms with Crippen molar-refractivity contribution in [1.82, 2.24) is 10.3 Å². The first-order valence-electron chi connectivity index (χ1n) is 5.72. The molecule has 0 radical (unpaired) electrons. The third-order valence-electron chi connectivity index (χ3n) is 2.67. The molecule has 1 aliphatic heterocycles. The minimum atomic E-state index is -0.188. The van der Waals surface area contributed by atoms with E-state index < -0.39 is 0 Å². The van der Waals surface area contributed by atoms with Crippen LogP contribution in [0.2, 0.25) is 0 Å². The maximum atomic E-state index is 9.10. The number of methoxy groups -OCH3 is 1. The standard InChI is InChI=1S/C10H22N4O3/c1-8-7-17-9(6-15)5-14(8)10(13-11)12-3-4-16-2/h8-9,15H,3-7,11H2,1-2H3,(H,12,13). The van der Waals surface area contributed by atoms with Crippen molar-refractivity contribution in [2.75, 3.05) is 40.0 Å². The molecule has 0 aliphatic carbocycles. The van der Waals surface area contributed by atoms with E-state index in [0.717, 1.165) is 0 Å². The van der Waals surface area contributed by atoms with Crippen molar-refractivity contribution in [2.24, 2.45) is 10.8 Å². The van der Waals surface area contributed by atoms with Gasteiger partial charge in [-0.2, -0.15) is 0 Å². The van der Waals surface area contributed by atoms with Crippen molar-refractivity contribution in [3.8, 4) is 0 Å². The molecule has 0 spiro atoms. The van der Waals surface area contributed by atoms with Crippen LogP contribution < -0.4 is 11.3 Å². The minimum Gasteiger partial charge on any atom is -0.394 e. The Bertz CT molecular complexity index is 250. The van der Waals surface area contributed by atoms with Crippen LogP contribution in [-0.4, -0.2) is 68.1 Å². The number of aliphatic hydroxyl groups excluding tert-OH is 1. The van der Waals surface area contributed by atoms with Crippen molar-refractivity contribution >= 4 is 5.96 Å². The third-order valence-corrected chi connectivity index (χ3v) is 2.67. The van der Waals surface area contributed by atoms with Gasteiger partial charge < -0.3 is 19.5 Å². The van der Waals surface area contributed by atoms with E-state index in [-0.39, 0.29) is 18.8 Å². The maximum Gasteiger partial charge on any atom is 0.208 e. The van der Waals surface area contributed by atoms with Crippen LogP contribution in [0.1, 0.15) is 6.92 Å². The molecule has 0 aromatic carbocycles. The highest BCUT2D eigenvalue weighted by Gasteiger charge is 2.27. The number of nitrogens with zero attached hydrogens (tertiary/aromatic N) is 2. The minimum absolute atomic E-state index is 0.000851. The third kappa shape index (κ3) is 4.12. The molecular formula is C10H22N4O3. The van der Waals surface area contributed by atoms with Gasteiger partial charge in [-0.3, -0.25) is 5.43 Å². The summed E-state index contributed by atoms with van der Waals surface area (Å²) < 4.78 is 10.4. The largest absolute Gasteiger partial charge is 0.394 e. The molecule has 1 rings (SSSR count). The number of hydrogen-bond donors (Lipinski definition) is 3. The van der Waals surface area contributed by atoms with E-state index >= 15 is 0 Å². The summed E-state index contributed by atoms with van der Waals surface area (Å²) in [5.41, 5.74) is 2.59. The summed E-state index contributed by atoms with van der Waals surface area (Å²) in [5.74, 6) is 6.08. The van der Waals surface area contributed by atoms with Gasteiger partial charge in [0.05, 0.1) is 38.5 Å². The molecule has 17 heavy (non-hydrogen) atoms.